The number of carbonyl (C=O) groups is 1. The van der Waals surface area contributed by atoms with Gasteiger partial charge in [0.2, 0.25) is 5.91 Å². The second kappa shape index (κ2) is 5.27. The molecule has 6 nitrogen and oxygen atoms in total. The van der Waals surface area contributed by atoms with Gasteiger partial charge in [-0.3, -0.25) is 4.79 Å². The van der Waals surface area contributed by atoms with Crippen molar-refractivity contribution in [3.05, 3.63) is 12.2 Å². The number of hydrogen-bond donors (Lipinski definition) is 2. The molecule has 0 bridgehead atoms. The van der Waals surface area contributed by atoms with Crippen LogP contribution in [0.25, 0.3) is 0 Å². The fourth-order valence-electron chi connectivity index (χ4n) is 2.08. The van der Waals surface area contributed by atoms with Gasteiger partial charge in [0, 0.05) is 6.04 Å². The average molecular weight is 237 g/mol. The Hall–Kier alpha value is -1.43. The second-order valence-electron chi connectivity index (χ2n) is 4.64. The van der Waals surface area contributed by atoms with Crippen LogP contribution in [-0.2, 0) is 11.3 Å². The highest BCUT2D eigenvalue weighted by atomic mass is 16.2. The molecule has 1 fully saturated rings. The van der Waals surface area contributed by atoms with Gasteiger partial charge in [-0.15, -0.1) is 0 Å². The Labute approximate surface area is 101 Å². The quantitative estimate of drug-likeness (QED) is 0.791. The lowest BCUT2D eigenvalue weighted by Crippen LogP contribution is -2.35. The molecule has 0 aliphatic heterocycles. The van der Waals surface area contributed by atoms with E-state index in [1.165, 1.54) is 17.5 Å². The lowest BCUT2D eigenvalue weighted by molar-refractivity contribution is -0.122. The van der Waals surface area contributed by atoms with Crippen LogP contribution in [0.3, 0.4) is 0 Å². The molecule has 3 N–H and O–H groups in total. The Bertz CT molecular complexity index is 381. The molecule has 1 aromatic heterocycles. The number of rotatable bonds is 4. The zero-order valence-electron chi connectivity index (χ0n) is 10.1. The molecule has 17 heavy (non-hydrogen) atoms. The lowest BCUT2D eigenvalue weighted by atomic mass is 10.2. The number of aromatic nitrogens is 3. The summed E-state index contributed by atoms with van der Waals surface area (Å²) < 4.78 is 1.53. The van der Waals surface area contributed by atoms with Crippen molar-refractivity contribution in [2.24, 2.45) is 5.73 Å². The third kappa shape index (κ3) is 3.26. The first kappa shape index (κ1) is 12.0. The zero-order valence-corrected chi connectivity index (χ0v) is 10.1. The predicted octanol–water partition coefficient (Wildman–Crippen LogP) is 0.357. The van der Waals surface area contributed by atoms with Gasteiger partial charge in [-0.05, 0) is 19.8 Å². The SMILES string of the molecule is CC(N)c1ncn(CC(=O)NC2CCCC2)n1. The molecule has 0 radical (unpaired) electrons. The molecule has 94 valence electrons. The number of amides is 1. The van der Waals surface area contributed by atoms with Gasteiger partial charge in [-0.2, -0.15) is 5.10 Å². The number of nitrogens with one attached hydrogen (secondary N) is 1. The molecule has 1 heterocycles. The number of hydrogen-bond acceptors (Lipinski definition) is 4. The van der Waals surface area contributed by atoms with E-state index in [4.69, 9.17) is 5.73 Å². The monoisotopic (exact) mass is 237 g/mol. The molecule has 1 saturated carbocycles. The van der Waals surface area contributed by atoms with Crippen LogP contribution in [-0.4, -0.2) is 26.7 Å². The van der Waals surface area contributed by atoms with E-state index < -0.39 is 0 Å². The highest BCUT2D eigenvalue weighted by Crippen LogP contribution is 2.17. The van der Waals surface area contributed by atoms with E-state index in [0.29, 0.717) is 11.9 Å². The third-order valence-corrected chi connectivity index (χ3v) is 2.99. The Morgan fingerprint density at radius 2 is 2.35 bits per heavy atom. The van der Waals surface area contributed by atoms with Crippen LogP contribution in [0.4, 0.5) is 0 Å². The van der Waals surface area contributed by atoms with Crippen molar-refractivity contribution in [3.8, 4) is 0 Å². The first-order valence-corrected chi connectivity index (χ1v) is 6.09. The van der Waals surface area contributed by atoms with E-state index in [-0.39, 0.29) is 18.5 Å². The molecular formula is C11H19N5O. The Morgan fingerprint density at radius 1 is 1.65 bits per heavy atom. The van der Waals surface area contributed by atoms with E-state index in [1.807, 2.05) is 6.92 Å². The van der Waals surface area contributed by atoms with Crippen molar-refractivity contribution >= 4 is 5.91 Å². The summed E-state index contributed by atoms with van der Waals surface area (Å²) in [6.07, 6.45) is 6.15. The average Bonchev–Trinajstić information content (AvgIpc) is 2.88. The summed E-state index contributed by atoms with van der Waals surface area (Å²) in [5, 5.41) is 7.15. The third-order valence-electron chi connectivity index (χ3n) is 2.99. The van der Waals surface area contributed by atoms with Crippen molar-refractivity contribution < 1.29 is 4.79 Å². The van der Waals surface area contributed by atoms with Gasteiger partial charge in [-0.25, -0.2) is 9.67 Å². The fourth-order valence-corrected chi connectivity index (χ4v) is 2.08. The van der Waals surface area contributed by atoms with Gasteiger partial charge in [0.25, 0.3) is 0 Å². The number of nitrogens with two attached hydrogens (primary N) is 1. The van der Waals surface area contributed by atoms with Crippen molar-refractivity contribution in [2.45, 2.75) is 51.2 Å². The molecule has 1 unspecified atom stereocenters. The summed E-state index contributed by atoms with van der Waals surface area (Å²) in [5.41, 5.74) is 5.65. The van der Waals surface area contributed by atoms with Crippen molar-refractivity contribution in [1.29, 1.82) is 0 Å². The second-order valence-corrected chi connectivity index (χ2v) is 4.64. The van der Waals surface area contributed by atoms with Crippen LogP contribution in [0.1, 0.15) is 44.5 Å². The van der Waals surface area contributed by atoms with Crippen LogP contribution in [0.2, 0.25) is 0 Å². The molecular weight excluding hydrogens is 218 g/mol. The minimum Gasteiger partial charge on any atom is -0.352 e. The van der Waals surface area contributed by atoms with E-state index in [1.54, 1.807) is 6.33 Å². The smallest absolute Gasteiger partial charge is 0.242 e. The van der Waals surface area contributed by atoms with Crippen molar-refractivity contribution in [1.82, 2.24) is 20.1 Å². The first-order valence-electron chi connectivity index (χ1n) is 6.09. The fraction of sp³-hybridized carbons (Fsp3) is 0.727. The lowest BCUT2D eigenvalue weighted by Gasteiger charge is -2.11. The summed E-state index contributed by atoms with van der Waals surface area (Å²) in [5.74, 6) is 0.566. The minimum atomic E-state index is -0.200. The summed E-state index contributed by atoms with van der Waals surface area (Å²) in [7, 11) is 0. The van der Waals surface area contributed by atoms with E-state index >= 15 is 0 Å². The van der Waals surface area contributed by atoms with Crippen LogP contribution < -0.4 is 11.1 Å². The molecule has 1 atom stereocenters. The highest BCUT2D eigenvalue weighted by Gasteiger charge is 2.17. The van der Waals surface area contributed by atoms with Crippen LogP contribution in [0.5, 0.6) is 0 Å². The largest absolute Gasteiger partial charge is 0.352 e. The van der Waals surface area contributed by atoms with E-state index in [0.717, 1.165) is 12.8 Å². The van der Waals surface area contributed by atoms with Gasteiger partial charge >= 0.3 is 0 Å². The maximum atomic E-state index is 11.7. The van der Waals surface area contributed by atoms with Gasteiger partial charge in [0.15, 0.2) is 5.82 Å². The Morgan fingerprint density at radius 3 is 2.94 bits per heavy atom. The van der Waals surface area contributed by atoms with Crippen molar-refractivity contribution in [2.75, 3.05) is 0 Å². The molecule has 1 aromatic rings. The molecule has 0 spiro atoms. The molecule has 0 saturated heterocycles. The summed E-state index contributed by atoms with van der Waals surface area (Å²) in [6.45, 7) is 2.04. The van der Waals surface area contributed by atoms with Gasteiger partial charge in [0.1, 0.15) is 12.9 Å². The van der Waals surface area contributed by atoms with Crippen molar-refractivity contribution in [3.63, 3.8) is 0 Å². The zero-order chi connectivity index (χ0) is 12.3. The van der Waals surface area contributed by atoms with E-state index in [9.17, 15) is 4.79 Å². The number of carbonyl (C=O) groups excluding carboxylic acids is 1. The predicted molar refractivity (Wildman–Crippen MR) is 63.0 cm³/mol. The molecule has 1 amide bonds. The molecule has 0 aromatic carbocycles. The van der Waals surface area contributed by atoms with Crippen LogP contribution in [0, 0.1) is 0 Å². The normalized spacial score (nSPS) is 18.2. The topological polar surface area (TPSA) is 85.8 Å². The molecule has 1 aliphatic carbocycles. The number of nitrogens with zero attached hydrogens (tertiary/aromatic N) is 3. The molecule has 6 heteroatoms. The summed E-state index contributed by atoms with van der Waals surface area (Å²) in [6, 6.07) is 0.146. The summed E-state index contributed by atoms with van der Waals surface area (Å²) in [4.78, 5) is 15.8. The van der Waals surface area contributed by atoms with Crippen LogP contribution >= 0.6 is 0 Å². The summed E-state index contributed by atoms with van der Waals surface area (Å²) >= 11 is 0. The van der Waals surface area contributed by atoms with Crippen LogP contribution in [0.15, 0.2) is 6.33 Å². The van der Waals surface area contributed by atoms with E-state index in [2.05, 4.69) is 15.4 Å². The minimum absolute atomic E-state index is 0.00183. The standard InChI is InChI=1S/C11H19N5O/c1-8(12)11-13-7-16(15-11)6-10(17)14-9-4-2-3-5-9/h7-9H,2-6,12H2,1H3,(H,14,17). The van der Waals surface area contributed by atoms with Gasteiger partial charge in [0.05, 0.1) is 6.04 Å². The van der Waals surface area contributed by atoms with Gasteiger partial charge < -0.3 is 11.1 Å². The highest BCUT2D eigenvalue weighted by molar-refractivity contribution is 5.75. The molecule has 2 rings (SSSR count). The Balaban J connectivity index is 1.84. The maximum absolute atomic E-state index is 11.7. The molecule has 1 aliphatic rings. The maximum Gasteiger partial charge on any atom is 0.242 e. The van der Waals surface area contributed by atoms with Gasteiger partial charge in [-0.1, -0.05) is 12.8 Å². The Kier molecular flexibility index (Phi) is 3.73. The first-order chi connectivity index (χ1) is 8.15.